The first kappa shape index (κ1) is 14.5. The molecule has 108 valence electrons. The van der Waals surface area contributed by atoms with Crippen LogP contribution in [0.25, 0.3) is 0 Å². The van der Waals surface area contributed by atoms with Crippen molar-refractivity contribution in [2.75, 3.05) is 10.7 Å². The Kier molecular flexibility index (Phi) is 3.99. The molecule has 1 heterocycles. The highest BCUT2D eigenvalue weighted by molar-refractivity contribution is 9.10. The van der Waals surface area contributed by atoms with E-state index in [9.17, 15) is 13.6 Å². The fourth-order valence-corrected chi connectivity index (χ4v) is 3.64. The van der Waals surface area contributed by atoms with Crippen LogP contribution in [0.1, 0.15) is 10.9 Å². The van der Waals surface area contributed by atoms with Crippen molar-refractivity contribution in [2.24, 2.45) is 0 Å². The fourth-order valence-electron chi connectivity index (χ4n) is 2.21. The predicted octanol–water partition coefficient (Wildman–Crippen LogP) is 4.51. The minimum atomic E-state index is -0.421. The van der Waals surface area contributed by atoms with Gasteiger partial charge in [0, 0.05) is 5.69 Å². The lowest BCUT2D eigenvalue weighted by atomic mass is 10.2. The van der Waals surface area contributed by atoms with E-state index in [1.807, 2.05) is 0 Å². The van der Waals surface area contributed by atoms with Gasteiger partial charge in [0.2, 0.25) is 5.91 Å². The fraction of sp³-hybridized carbons (Fsp3) is 0.133. The topological polar surface area (TPSA) is 20.3 Å². The molecule has 6 heteroatoms. The standard InChI is InChI=1S/C15H10BrF2NOS/c16-12-6-5-11(7-13(12)18)19-14(20)8-21-15(19)9-1-3-10(17)4-2-9/h1-7,15H,8H2. The van der Waals surface area contributed by atoms with E-state index < -0.39 is 5.82 Å². The highest BCUT2D eigenvalue weighted by Gasteiger charge is 2.34. The molecule has 1 fully saturated rings. The SMILES string of the molecule is O=C1CSC(c2ccc(F)cc2)N1c1ccc(Br)c(F)c1. The lowest BCUT2D eigenvalue weighted by molar-refractivity contribution is -0.115. The van der Waals surface area contributed by atoms with Gasteiger partial charge in [-0.2, -0.15) is 0 Å². The Morgan fingerprint density at radius 1 is 1.14 bits per heavy atom. The lowest BCUT2D eigenvalue weighted by Crippen LogP contribution is -2.27. The molecule has 3 rings (SSSR count). The molecule has 1 amide bonds. The highest BCUT2D eigenvalue weighted by atomic mass is 79.9. The van der Waals surface area contributed by atoms with Gasteiger partial charge in [0.05, 0.1) is 10.2 Å². The zero-order valence-electron chi connectivity index (χ0n) is 10.7. The summed E-state index contributed by atoms with van der Waals surface area (Å²) >= 11 is 4.54. The van der Waals surface area contributed by atoms with Crippen molar-refractivity contribution < 1.29 is 13.6 Å². The molecule has 2 aromatic rings. The molecule has 1 aliphatic heterocycles. The van der Waals surface area contributed by atoms with Gasteiger partial charge in [0.25, 0.3) is 0 Å². The molecule has 1 aliphatic rings. The Hall–Kier alpha value is -1.40. The van der Waals surface area contributed by atoms with Gasteiger partial charge < -0.3 is 0 Å². The zero-order chi connectivity index (χ0) is 15.0. The number of halogens is 3. The van der Waals surface area contributed by atoms with Crippen LogP contribution in [-0.4, -0.2) is 11.7 Å². The first-order chi connectivity index (χ1) is 10.1. The van der Waals surface area contributed by atoms with Crippen LogP contribution in [-0.2, 0) is 4.79 Å². The first-order valence-corrected chi connectivity index (χ1v) is 8.04. The van der Waals surface area contributed by atoms with Crippen molar-refractivity contribution >= 4 is 39.3 Å². The van der Waals surface area contributed by atoms with Crippen LogP contribution in [0.3, 0.4) is 0 Å². The van der Waals surface area contributed by atoms with Crippen molar-refractivity contribution in [3.05, 3.63) is 64.1 Å². The van der Waals surface area contributed by atoms with E-state index in [1.54, 1.807) is 29.2 Å². The molecule has 0 spiro atoms. The Morgan fingerprint density at radius 2 is 1.86 bits per heavy atom. The quantitative estimate of drug-likeness (QED) is 0.776. The second-order valence-electron chi connectivity index (χ2n) is 4.58. The third kappa shape index (κ3) is 2.82. The van der Waals surface area contributed by atoms with Crippen LogP contribution in [0.5, 0.6) is 0 Å². The molecule has 2 aromatic carbocycles. The maximum Gasteiger partial charge on any atom is 0.238 e. The Balaban J connectivity index is 1.99. The summed E-state index contributed by atoms with van der Waals surface area (Å²) in [7, 11) is 0. The van der Waals surface area contributed by atoms with E-state index in [0.29, 0.717) is 15.9 Å². The van der Waals surface area contributed by atoms with Gasteiger partial charge in [0.15, 0.2) is 0 Å². The summed E-state index contributed by atoms with van der Waals surface area (Å²) in [6.45, 7) is 0. The van der Waals surface area contributed by atoms with Crippen LogP contribution in [0.15, 0.2) is 46.9 Å². The van der Waals surface area contributed by atoms with Crippen molar-refractivity contribution in [3.8, 4) is 0 Å². The molecule has 2 nitrogen and oxygen atoms in total. The van der Waals surface area contributed by atoms with Gasteiger partial charge in [-0.25, -0.2) is 8.78 Å². The monoisotopic (exact) mass is 369 g/mol. The number of anilines is 1. The van der Waals surface area contributed by atoms with E-state index in [4.69, 9.17) is 0 Å². The van der Waals surface area contributed by atoms with Crippen LogP contribution < -0.4 is 4.90 Å². The van der Waals surface area contributed by atoms with Gasteiger partial charge in [-0.15, -0.1) is 11.8 Å². The van der Waals surface area contributed by atoms with Gasteiger partial charge in [-0.1, -0.05) is 12.1 Å². The van der Waals surface area contributed by atoms with E-state index >= 15 is 0 Å². The summed E-state index contributed by atoms with van der Waals surface area (Å²) in [4.78, 5) is 13.7. The second-order valence-corrected chi connectivity index (χ2v) is 6.50. The first-order valence-electron chi connectivity index (χ1n) is 6.20. The molecular formula is C15H10BrF2NOS. The summed E-state index contributed by atoms with van der Waals surface area (Å²) in [6.07, 6.45) is 0. The van der Waals surface area contributed by atoms with E-state index in [0.717, 1.165) is 5.56 Å². The molecule has 1 unspecified atom stereocenters. The van der Waals surface area contributed by atoms with Crippen molar-refractivity contribution in [2.45, 2.75) is 5.37 Å². The van der Waals surface area contributed by atoms with E-state index in [-0.39, 0.29) is 17.1 Å². The number of hydrogen-bond acceptors (Lipinski definition) is 2. The number of rotatable bonds is 2. The van der Waals surface area contributed by atoms with E-state index in [1.165, 1.54) is 30.0 Å². The average Bonchev–Trinajstić information content (AvgIpc) is 2.85. The highest BCUT2D eigenvalue weighted by Crippen LogP contribution is 2.42. The number of amides is 1. The van der Waals surface area contributed by atoms with Crippen molar-refractivity contribution in [1.82, 2.24) is 0 Å². The van der Waals surface area contributed by atoms with Gasteiger partial charge >= 0.3 is 0 Å². The molecule has 0 aromatic heterocycles. The van der Waals surface area contributed by atoms with Crippen LogP contribution >= 0.6 is 27.7 Å². The maximum atomic E-state index is 13.7. The van der Waals surface area contributed by atoms with Crippen LogP contribution in [0, 0.1) is 11.6 Å². The average molecular weight is 370 g/mol. The smallest absolute Gasteiger partial charge is 0.238 e. The number of nitrogens with zero attached hydrogens (tertiary/aromatic N) is 1. The minimum Gasteiger partial charge on any atom is -0.295 e. The van der Waals surface area contributed by atoms with Crippen LogP contribution in [0.2, 0.25) is 0 Å². The summed E-state index contributed by atoms with van der Waals surface area (Å²) in [5.41, 5.74) is 1.32. The molecule has 0 saturated carbocycles. The van der Waals surface area contributed by atoms with Gasteiger partial charge in [-0.3, -0.25) is 9.69 Å². The van der Waals surface area contributed by atoms with Crippen molar-refractivity contribution in [1.29, 1.82) is 0 Å². The minimum absolute atomic E-state index is 0.0870. The Labute approximate surface area is 133 Å². The summed E-state index contributed by atoms with van der Waals surface area (Å²) in [6, 6.07) is 10.6. The van der Waals surface area contributed by atoms with E-state index in [2.05, 4.69) is 15.9 Å². The molecule has 0 radical (unpaired) electrons. The summed E-state index contributed by atoms with van der Waals surface area (Å²) in [5.74, 6) is -0.514. The molecule has 0 bridgehead atoms. The maximum absolute atomic E-state index is 13.7. The Bertz CT molecular complexity index is 693. The summed E-state index contributed by atoms with van der Waals surface area (Å²) < 4.78 is 27.1. The van der Waals surface area contributed by atoms with Gasteiger partial charge in [0.1, 0.15) is 17.0 Å². The number of carbonyl (C=O) groups is 1. The lowest BCUT2D eigenvalue weighted by Gasteiger charge is -2.24. The normalized spacial score (nSPS) is 18.3. The third-order valence-corrected chi connectivity index (χ3v) is 5.06. The largest absolute Gasteiger partial charge is 0.295 e. The van der Waals surface area contributed by atoms with Crippen molar-refractivity contribution in [3.63, 3.8) is 0 Å². The number of benzene rings is 2. The third-order valence-electron chi connectivity index (χ3n) is 3.20. The zero-order valence-corrected chi connectivity index (χ0v) is 13.1. The van der Waals surface area contributed by atoms with Crippen LogP contribution in [0.4, 0.5) is 14.5 Å². The molecule has 0 N–H and O–H groups in total. The molecule has 21 heavy (non-hydrogen) atoms. The number of carbonyl (C=O) groups excluding carboxylic acids is 1. The number of hydrogen-bond donors (Lipinski definition) is 0. The molecule has 1 saturated heterocycles. The second kappa shape index (κ2) is 5.77. The summed E-state index contributed by atoms with van der Waals surface area (Å²) in [5, 5.41) is -0.265. The predicted molar refractivity (Wildman–Crippen MR) is 83.2 cm³/mol. The molecule has 0 aliphatic carbocycles. The van der Waals surface area contributed by atoms with Gasteiger partial charge in [-0.05, 0) is 51.8 Å². The Morgan fingerprint density at radius 3 is 2.52 bits per heavy atom. The molecular weight excluding hydrogens is 360 g/mol. The number of thioether (sulfide) groups is 1. The molecule has 1 atom stereocenters.